The van der Waals surface area contributed by atoms with Crippen molar-refractivity contribution in [1.29, 1.82) is 0 Å². The van der Waals surface area contributed by atoms with Crippen molar-refractivity contribution >= 4 is 89.8 Å². The van der Waals surface area contributed by atoms with Crippen molar-refractivity contribution in [3.63, 3.8) is 0 Å². The quantitative estimate of drug-likeness (QED) is 0.0753. The van der Waals surface area contributed by atoms with Crippen LogP contribution in [0.3, 0.4) is 0 Å². The lowest BCUT2D eigenvalue weighted by atomic mass is 9.71. The van der Waals surface area contributed by atoms with Crippen LogP contribution in [0.15, 0.2) is 0 Å². The largest absolute Gasteiger partial charge is 0.111 e. The molecule has 0 saturated heterocycles. The lowest BCUT2D eigenvalue weighted by molar-refractivity contribution is 0.178. The molecule has 0 rings (SSSR count). The molecular weight excluding hydrogens is 461 g/mol. The fourth-order valence-corrected chi connectivity index (χ4v) is 6.30. The molecule has 0 saturated carbocycles. The zero-order valence-corrected chi connectivity index (χ0v) is 22.1. The summed E-state index contributed by atoms with van der Waals surface area (Å²) < 4.78 is 0. The SMILES string of the molecule is SSCCCCC(CCCCSS)(CCCCSS)CCCCSS. The minimum atomic E-state index is 0.561. The highest BCUT2D eigenvalue weighted by Crippen LogP contribution is 2.42. The second kappa shape index (κ2) is 21.5. The Morgan fingerprint density at radius 1 is 0.400 bits per heavy atom. The van der Waals surface area contributed by atoms with Gasteiger partial charge in [0.05, 0.1) is 0 Å². The molecule has 25 heavy (non-hydrogen) atoms. The van der Waals surface area contributed by atoms with Crippen LogP contribution in [-0.2, 0) is 0 Å². The van der Waals surface area contributed by atoms with E-state index in [1.807, 2.05) is 0 Å². The molecule has 0 aromatic carbocycles. The van der Waals surface area contributed by atoms with Crippen LogP contribution in [0, 0.1) is 5.41 Å². The van der Waals surface area contributed by atoms with Crippen LogP contribution in [0.1, 0.15) is 77.0 Å². The highest BCUT2D eigenvalue weighted by Gasteiger charge is 2.28. The second-order valence-electron chi connectivity index (χ2n) is 6.66. The molecular formula is C17H36S8. The van der Waals surface area contributed by atoms with Gasteiger partial charge in [-0.2, -0.15) is 0 Å². The van der Waals surface area contributed by atoms with E-state index in [-0.39, 0.29) is 0 Å². The lowest BCUT2D eigenvalue weighted by Crippen LogP contribution is -2.22. The van der Waals surface area contributed by atoms with Gasteiger partial charge in [-0.1, -0.05) is 68.9 Å². The molecule has 0 N–H and O–H groups in total. The van der Waals surface area contributed by atoms with Crippen LogP contribution in [-0.4, -0.2) is 23.0 Å². The van der Waals surface area contributed by atoms with Crippen molar-refractivity contribution < 1.29 is 0 Å². The predicted molar refractivity (Wildman–Crippen MR) is 144 cm³/mol. The van der Waals surface area contributed by atoms with Gasteiger partial charge in [-0.3, -0.25) is 0 Å². The molecule has 0 aliphatic carbocycles. The molecule has 0 aliphatic heterocycles. The maximum atomic E-state index is 4.29. The van der Waals surface area contributed by atoms with E-state index >= 15 is 0 Å². The molecule has 0 amide bonds. The highest BCUT2D eigenvalue weighted by molar-refractivity contribution is 8.69. The number of rotatable bonds is 20. The van der Waals surface area contributed by atoms with Gasteiger partial charge in [0.25, 0.3) is 0 Å². The highest BCUT2D eigenvalue weighted by atomic mass is 33.1. The van der Waals surface area contributed by atoms with Gasteiger partial charge in [0.15, 0.2) is 0 Å². The van der Waals surface area contributed by atoms with Crippen LogP contribution >= 0.6 is 89.8 Å². The summed E-state index contributed by atoms with van der Waals surface area (Å²) in [4.78, 5) is 0. The number of hydrogen-bond donors (Lipinski definition) is 4. The molecule has 152 valence electrons. The minimum Gasteiger partial charge on any atom is -0.111 e. The van der Waals surface area contributed by atoms with Crippen molar-refractivity contribution in [1.82, 2.24) is 0 Å². The summed E-state index contributed by atoms with van der Waals surface area (Å²) in [7, 11) is 6.75. The van der Waals surface area contributed by atoms with E-state index in [1.54, 1.807) is 43.2 Å². The molecule has 0 aliphatic rings. The molecule has 0 atom stereocenters. The van der Waals surface area contributed by atoms with E-state index in [1.165, 1.54) is 100 Å². The van der Waals surface area contributed by atoms with Gasteiger partial charge >= 0.3 is 0 Å². The second-order valence-corrected chi connectivity index (χ2v) is 12.4. The molecule has 0 bridgehead atoms. The van der Waals surface area contributed by atoms with Gasteiger partial charge in [0, 0.05) is 23.0 Å². The third-order valence-electron chi connectivity index (χ3n) is 4.77. The number of thiol groups is 4. The van der Waals surface area contributed by atoms with Gasteiger partial charge in [-0.15, -0.1) is 46.6 Å². The first kappa shape index (κ1) is 27.8. The molecule has 0 spiro atoms. The summed E-state index contributed by atoms with van der Waals surface area (Å²) in [6.45, 7) is 0. The van der Waals surface area contributed by atoms with Crippen molar-refractivity contribution in [3.05, 3.63) is 0 Å². The number of unbranched alkanes of at least 4 members (excludes halogenated alkanes) is 4. The zero-order chi connectivity index (χ0) is 18.6. The van der Waals surface area contributed by atoms with Crippen molar-refractivity contribution in [2.45, 2.75) is 77.0 Å². The Balaban J connectivity index is 4.62. The maximum Gasteiger partial charge on any atom is 0.00345 e. The summed E-state index contributed by atoms with van der Waals surface area (Å²) >= 11 is 17.2. The molecule has 8 heteroatoms. The predicted octanol–water partition coefficient (Wildman–Crippen LogP) is 8.97. The van der Waals surface area contributed by atoms with E-state index in [0.717, 1.165) is 0 Å². The topological polar surface area (TPSA) is 0 Å². The van der Waals surface area contributed by atoms with Crippen LogP contribution in [0.5, 0.6) is 0 Å². The average Bonchev–Trinajstić information content (AvgIpc) is 2.63. The standard InChI is InChI=1S/C17H36S8/c18-22-13-5-1-9-17(10-2-6-14-23-19,11-3-7-15-24-20)12-4-8-16-25-21/h18-21H,1-16H2. The van der Waals surface area contributed by atoms with Gasteiger partial charge in [-0.05, 0) is 56.8 Å². The summed E-state index contributed by atoms with van der Waals surface area (Å²) in [6.07, 6.45) is 16.3. The summed E-state index contributed by atoms with van der Waals surface area (Å²) in [5, 5.41) is 0. The maximum absolute atomic E-state index is 4.29. The Morgan fingerprint density at radius 2 is 0.640 bits per heavy atom. The molecule has 0 nitrogen and oxygen atoms in total. The molecule has 0 heterocycles. The fraction of sp³-hybridized carbons (Fsp3) is 1.00. The molecule has 0 aromatic rings. The normalized spacial score (nSPS) is 12.0. The zero-order valence-electron chi connectivity index (χ0n) is 15.2. The first-order valence-electron chi connectivity index (χ1n) is 9.30. The fourth-order valence-electron chi connectivity index (χ4n) is 3.42. The first-order valence-corrected chi connectivity index (χ1v) is 17.5. The Hall–Kier alpha value is 2.80. The number of hydrogen-bond acceptors (Lipinski definition) is 8. The van der Waals surface area contributed by atoms with E-state index in [9.17, 15) is 0 Å². The molecule has 0 unspecified atom stereocenters. The van der Waals surface area contributed by atoms with Gasteiger partial charge in [0.2, 0.25) is 0 Å². The smallest absolute Gasteiger partial charge is 0.00345 e. The third kappa shape index (κ3) is 17.4. The van der Waals surface area contributed by atoms with Gasteiger partial charge < -0.3 is 0 Å². The first-order chi connectivity index (χ1) is 12.2. The van der Waals surface area contributed by atoms with Crippen LogP contribution in [0.2, 0.25) is 0 Å². The minimum absolute atomic E-state index is 0.561. The Labute approximate surface area is 193 Å². The Kier molecular flexibility index (Phi) is 23.9. The summed E-state index contributed by atoms with van der Waals surface area (Å²) in [5.41, 5.74) is 0.561. The van der Waals surface area contributed by atoms with E-state index < -0.39 is 0 Å². The molecule has 0 fully saturated rings. The monoisotopic (exact) mass is 496 g/mol. The van der Waals surface area contributed by atoms with E-state index in [2.05, 4.69) is 46.6 Å². The van der Waals surface area contributed by atoms with Crippen LogP contribution in [0.4, 0.5) is 0 Å². The third-order valence-corrected chi connectivity index (χ3v) is 8.85. The average molecular weight is 497 g/mol. The van der Waals surface area contributed by atoms with Crippen molar-refractivity contribution in [3.8, 4) is 0 Å². The Bertz CT molecular complexity index is 212. The van der Waals surface area contributed by atoms with Crippen molar-refractivity contribution in [2.75, 3.05) is 23.0 Å². The summed E-state index contributed by atoms with van der Waals surface area (Å²) in [6, 6.07) is 0. The van der Waals surface area contributed by atoms with Gasteiger partial charge in [-0.25, -0.2) is 0 Å². The Morgan fingerprint density at radius 3 is 0.840 bits per heavy atom. The summed E-state index contributed by atoms with van der Waals surface area (Å²) in [5.74, 6) is 4.73. The lowest BCUT2D eigenvalue weighted by Gasteiger charge is -2.35. The van der Waals surface area contributed by atoms with Crippen LogP contribution < -0.4 is 0 Å². The van der Waals surface area contributed by atoms with Crippen LogP contribution in [0.25, 0.3) is 0 Å². The molecule has 0 aromatic heterocycles. The van der Waals surface area contributed by atoms with Crippen molar-refractivity contribution in [2.24, 2.45) is 5.41 Å². The van der Waals surface area contributed by atoms with E-state index in [0.29, 0.717) is 5.41 Å². The van der Waals surface area contributed by atoms with E-state index in [4.69, 9.17) is 0 Å². The van der Waals surface area contributed by atoms with Gasteiger partial charge in [0.1, 0.15) is 0 Å². The molecule has 0 radical (unpaired) electrons.